The molecule has 0 amide bonds. The molecule has 0 aliphatic heterocycles. The van der Waals surface area contributed by atoms with Crippen molar-refractivity contribution in [1.82, 2.24) is 19.7 Å². The number of ether oxygens (including phenoxy) is 1. The van der Waals surface area contributed by atoms with Crippen molar-refractivity contribution in [2.45, 2.75) is 45.6 Å². The summed E-state index contributed by atoms with van der Waals surface area (Å²) in [4.78, 5) is 4.66. The second-order valence-electron chi connectivity index (χ2n) is 8.76. The van der Waals surface area contributed by atoms with E-state index in [0.29, 0.717) is 30.7 Å². The third kappa shape index (κ3) is 5.57. The first-order valence-electron chi connectivity index (χ1n) is 12.4. The van der Waals surface area contributed by atoms with Crippen molar-refractivity contribution in [3.8, 4) is 17.2 Å². The summed E-state index contributed by atoms with van der Waals surface area (Å²) in [5, 5.41) is 8.54. The van der Waals surface area contributed by atoms with Crippen molar-refractivity contribution < 1.29 is 13.6 Å². The van der Waals surface area contributed by atoms with E-state index in [2.05, 4.69) is 38.8 Å². The average Bonchev–Trinajstić information content (AvgIpc) is 3.67. The number of oxazole rings is 1. The monoisotopic (exact) mass is 482 g/mol. The zero-order valence-electron chi connectivity index (χ0n) is 20.6. The molecule has 0 saturated carbocycles. The van der Waals surface area contributed by atoms with E-state index in [9.17, 15) is 0 Å². The highest BCUT2D eigenvalue weighted by atomic mass is 16.5. The van der Waals surface area contributed by atoms with Crippen LogP contribution in [-0.2, 0) is 19.3 Å². The Bertz CT molecular complexity index is 1360. The van der Waals surface area contributed by atoms with Gasteiger partial charge in [0.2, 0.25) is 17.7 Å². The highest BCUT2D eigenvalue weighted by molar-refractivity contribution is 5.53. The van der Waals surface area contributed by atoms with E-state index < -0.39 is 0 Å². The molecule has 3 aromatic heterocycles. The summed E-state index contributed by atoms with van der Waals surface area (Å²) in [6.45, 7) is 4.57. The second kappa shape index (κ2) is 11.1. The molecule has 0 saturated heterocycles. The fourth-order valence-electron chi connectivity index (χ4n) is 4.17. The maximum atomic E-state index is 6.00. The fraction of sp³-hybridized carbons (Fsp3) is 0.276. The van der Waals surface area contributed by atoms with E-state index in [1.807, 2.05) is 73.9 Å². The lowest BCUT2D eigenvalue weighted by Crippen LogP contribution is -2.12. The molecule has 36 heavy (non-hydrogen) atoms. The molecule has 0 aliphatic rings. The maximum absolute atomic E-state index is 6.00. The van der Waals surface area contributed by atoms with Crippen LogP contribution in [-0.4, -0.2) is 26.4 Å². The normalized spacial score (nSPS) is 12.1. The summed E-state index contributed by atoms with van der Waals surface area (Å²) in [6, 6.07) is 22.1. The summed E-state index contributed by atoms with van der Waals surface area (Å²) < 4.78 is 19.9. The zero-order valence-corrected chi connectivity index (χ0v) is 20.6. The number of hydrogen-bond donors (Lipinski definition) is 0. The van der Waals surface area contributed by atoms with E-state index in [1.165, 1.54) is 0 Å². The van der Waals surface area contributed by atoms with E-state index >= 15 is 0 Å². The quantitative estimate of drug-likeness (QED) is 0.222. The summed E-state index contributed by atoms with van der Waals surface area (Å²) in [5.74, 6) is 3.61. The first kappa shape index (κ1) is 23.6. The van der Waals surface area contributed by atoms with Gasteiger partial charge in [-0.3, -0.25) is 0 Å². The van der Waals surface area contributed by atoms with Crippen molar-refractivity contribution in [1.29, 1.82) is 0 Å². The van der Waals surface area contributed by atoms with E-state index in [4.69, 9.17) is 13.6 Å². The molecule has 1 atom stereocenters. The highest BCUT2D eigenvalue weighted by Gasteiger charge is 2.20. The Morgan fingerprint density at radius 3 is 2.42 bits per heavy atom. The van der Waals surface area contributed by atoms with Crippen LogP contribution in [0.15, 0.2) is 88.0 Å². The SMILES string of the molecule is CCCc1nnc([C@@H](Cc2ccc(OCCc3nc(-c4ccccc4)oc3C)cc2)n2cccc2)o1. The van der Waals surface area contributed by atoms with Gasteiger partial charge in [0.25, 0.3) is 0 Å². The number of aryl methyl sites for hydroxylation is 2. The molecule has 7 heteroatoms. The Morgan fingerprint density at radius 2 is 1.67 bits per heavy atom. The van der Waals surface area contributed by atoms with Crippen LogP contribution in [0.5, 0.6) is 5.75 Å². The van der Waals surface area contributed by atoms with Crippen LogP contribution in [0.1, 0.15) is 48.2 Å². The minimum atomic E-state index is -0.0566. The van der Waals surface area contributed by atoms with Gasteiger partial charge in [-0.1, -0.05) is 37.3 Å². The molecule has 0 spiro atoms. The third-order valence-electron chi connectivity index (χ3n) is 6.09. The minimum Gasteiger partial charge on any atom is -0.493 e. The van der Waals surface area contributed by atoms with Crippen LogP contribution in [0, 0.1) is 6.92 Å². The molecular formula is C29H30N4O3. The van der Waals surface area contributed by atoms with E-state index in [-0.39, 0.29) is 6.04 Å². The van der Waals surface area contributed by atoms with Crippen molar-refractivity contribution in [3.63, 3.8) is 0 Å². The molecule has 0 bridgehead atoms. The fourth-order valence-corrected chi connectivity index (χ4v) is 4.17. The van der Waals surface area contributed by atoms with Crippen molar-refractivity contribution in [2.75, 3.05) is 6.61 Å². The zero-order chi connectivity index (χ0) is 24.7. The molecule has 0 N–H and O–H groups in total. The Hall–Kier alpha value is -4.13. The van der Waals surface area contributed by atoms with Crippen LogP contribution in [0.4, 0.5) is 0 Å². The summed E-state index contributed by atoms with van der Waals surface area (Å²) in [6.07, 6.45) is 7.24. The molecule has 3 heterocycles. The van der Waals surface area contributed by atoms with E-state index in [1.54, 1.807) is 0 Å². The molecular weight excluding hydrogens is 452 g/mol. The smallest absolute Gasteiger partial charge is 0.239 e. The Balaban J connectivity index is 1.20. The molecule has 5 aromatic rings. The van der Waals surface area contributed by atoms with Gasteiger partial charge in [0, 0.05) is 37.2 Å². The lowest BCUT2D eigenvalue weighted by atomic mass is 10.1. The summed E-state index contributed by atoms with van der Waals surface area (Å²) in [5.41, 5.74) is 3.06. The molecule has 2 aromatic carbocycles. The molecule has 7 nitrogen and oxygen atoms in total. The topological polar surface area (TPSA) is 79.1 Å². The van der Waals surface area contributed by atoms with Gasteiger partial charge in [-0.15, -0.1) is 10.2 Å². The second-order valence-corrected chi connectivity index (χ2v) is 8.76. The molecule has 0 unspecified atom stereocenters. The largest absolute Gasteiger partial charge is 0.493 e. The first-order chi connectivity index (χ1) is 17.7. The molecule has 0 fully saturated rings. The van der Waals surface area contributed by atoms with Crippen LogP contribution in [0.25, 0.3) is 11.5 Å². The lowest BCUT2D eigenvalue weighted by molar-refractivity contribution is 0.319. The van der Waals surface area contributed by atoms with Crippen molar-refractivity contribution in [3.05, 3.63) is 108 Å². The maximum Gasteiger partial charge on any atom is 0.239 e. The van der Waals surface area contributed by atoms with Gasteiger partial charge in [0.05, 0.1) is 12.3 Å². The highest BCUT2D eigenvalue weighted by Crippen LogP contribution is 2.25. The standard InChI is InChI=1S/C29H30N4O3/c1-3-9-27-31-32-29(36-27)26(33-17-7-8-18-33)20-22-12-14-24(15-13-22)34-19-16-25-21(2)35-28(30-25)23-10-5-4-6-11-23/h4-8,10-15,17-18,26H,3,9,16,19-20H2,1-2H3/t26-/m1/s1. The minimum absolute atomic E-state index is 0.0566. The van der Waals surface area contributed by atoms with Gasteiger partial charge in [0.15, 0.2) is 0 Å². The van der Waals surface area contributed by atoms with Crippen molar-refractivity contribution >= 4 is 0 Å². The molecule has 0 radical (unpaired) electrons. The van der Waals surface area contributed by atoms with Crippen molar-refractivity contribution in [2.24, 2.45) is 0 Å². The molecule has 5 rings (SSSR count). The summed E-state index contributed by atoms with van der Waals surface area (Å²) >= 11 is 0. The third-order valence-corrected chi connectivity index (χ3v) is 6.09. The van der Waals surface area contributed by atoms with Gasteiger partial charge in [-0.25, -0.2) is 4.98 Å². The van der Waals surface area contributed by atoms with Crippen LogP contribution < -0.4 is 4.74 Å². The van der Waals surface area contributed by atoms with Gasteiger partial charge < -0.3 is 18.1 Å². The van der Waals surface area contributed by atoms with Crippen LogP contribution in [0.3, 0.4) is 0 Å². The predicted molar refractivity (Wildman–Crippen MR) is 137 cm³/mol. The number of aromatic nitrogens is 4. The van der Waals surface area contributed by atoms with Gasteiger partial charge in [-0.2, -0.15) is 0 Å². The Kier molecular flexibility index (Phi) is 7.26. The Labute approximate surface area is 210 Å². The number of hydrogen-bond acceptors (Lipinski definition) is 6. The predicted octanol–water partition coefficient (Wildman–Crippen LogP) is 6.24. The number of rotatable bonds is 11. The van der Waals surface area contributed by atoms with Crippen LogP contribution >= 0.6 is 0 Å². The van der Waals surface area contributed by atoms with E-state index in [0.717, 1.165) is 47.6 Å². The van der Waals surface area contributed by atoms with Gasteiger partial charge in [-0.05, 0) is 55.3 Å². The van der Waals surface area contributed by atoms with Gasteiger partial charge in [0.1, 0.15) is 17.6 Å². The summed E-state index contributed by atoms with van der Waals surface area (Å²) in [7, 11) is 0. The average molecular weight is 483 g/mol. The molecule has 0 aliphatic carbocycles. The first-order valence-corrected chi connectivity index (χ1v) is 12.4. The lowest BCUT2D eigenvalue weighted by Gasteiger charge is -2.16. The Morgan fingerprint density at radius 1 is 0.889 bits per heavy atom. The molecule has 184 valence electrons. The number of benzene rings is 2. The van der Waals surface area contributed by atoms with Crippen LogP contribution in [0.2, 0.25) is 0 Å². The van der Waals surface area contributed by atoms with Gasteiger partial charge >= 0.3 is 0 Å². The number of nitrogens with zero attached hydrogens (tertiary/aromatic N) is 4.